The fourth-order valence-corrected chi connectivity index (χ4v) is 7.94. The number of para-hydroxylation sites is 1. The van der Waals surface area contributed by atoms with Crippen LogP contribution in [0.5, 0.6) is 0 Å². The Kier molecular flexibility index (Phi) is 7.78. The topological polar surface area (TPSA) is 51.8 Å². The van der Waals surface area contributed by atoms with Gasteiger partial charge in [0.15, 0.2) is 17.5 Å². The maximum Gasteiger partial charge on any atom is 0.167 e. The van der Waals surface area contributed by atoms with E-state index in [1.54, 1.807) is 0 Å². The van der Waals surface area contributed by atoms with Gasteiger partial charge in [-0.25, -0.2) is 15.0 Å². The molecule has 0 aliphatic rings. The highest BCUT2D eigenvalue weighted by Gasteiger charge is 2.19. The van der Waals surface area contributed by atoms with E-state index in [1.807, 2.05) is 12.1 Å². The Hall–Kier alpha value is -7.69. The Balaban J connectivity index is 1.04. The average Bonchev–Trinajstić information content (AvgIpc) is 3.67. The molecule has 0 spiro atoms. The summed E-state index contributed by atoms with van der Waals surface area (Å²) < 4.78 is 6.62. The van der Waals surface area contributed by atoms with E-state index in [1.165, 1.54) is 21.9 Å². The number of rotatable bonds is 6. The summed E-state index contributed by atoms with van der Waals surface area (Å²) in [5, 5.41) is 6.75. The van der Waals surface area contributed by atoms with Gasteiger partial charge < -0.3 is 4.42 Å². The zero-order chi connectivity index (χ0) is 37.7. The van der Waals surface area contributed by atoms with Crippen molar-refractivity contribution in [3.05, 3.63) is 200 Å². The largest absolute Gasteiger partial charge is 0.455 e. The molecular formula is C53H33N3O. The molecule has 4 nitrogen and oxygen atoms in total. The van der Waals surface area contributed by atoms with Crippen molar-refractivity contribution in [3.63, 3.8) is 0 Å². The maximum absolute atomic E-state index is 6.62. The smallest absolute Gasteiger partial charge is 0.167 e. The van der Waals surface area contributed by atoms with Gasteiger partial charge in [0.25, 0.3) is 0 Å². The molecule has 266 valence electrons. The number of aromatic nitrogens is 3. The molecule has 0 radical (unpaired) electrons. The van der Waals surface area contributed by atoms with Crippen LogP contribution in [0.25, 0.3) is 111 Å². The van der Waals surface area contributed by atoms with Gasteiger partial charge in [0.1, 0.15) is 11.2 Å². The summed E-state index contributed by atoms with van der Waals surface area (Å²) in [4.78, 5) is 15.5. The van der Waals surface area contributed by atoms with E-state index in [-0.39, 0.29) is 0 Å². The fourth-order valence-electron chi connectivity index (χ4n) is 7.94. The molecule has 57 heavy (non-hydrogen) atoms. The third-order valence-electron chi connectivity index (χ3n) is 10.9. The second-order valence-electron chi connectivity index (χ2n) is 14.5. The van der Waals surface area contributed by atoms with E-state index in [9.17, 15) is 0 Å². The lowest BCUT2D eigenvalue weighted by Gasteiger charge is -2.11. The van der Waals surface area contributed by atoms with Crippen LogP contribution in [0.2, 0.25) is 0 Å². The van der Waals surface area contributed by atoms with E-state index in [2.05, 4.69) is 188 Å². The summed E-state index contributed by atoms with van der Waals surface area (Å²) in [6.45, 7) is 0. The molecule has 0 saturated heterocycles. The minimum absolute atomic E-state index is 0.557. The molecule has 0 amide bonds. The first kappa shape index (κ1) is 32.7. The van der Waals surface area contributed by atoms with Crippen molar-refractivity contribution in [3.8, 4) is 67.5 Å². The Labute approximate surface area is 329 Å². The molecule has 2 aromatic heterocycles. The van der Waals surface area contributed by atoms with E-state index >= 15 is 0 Å². The SMILES string of the molecule is c1ccc(-c2ccc3cc(-c4cccc(-c5nc(-c6ccc7ccccc7c6)nc(-c6cccc7c6oc6ccc(-c8ccccc8)cc67)n5)c4)ccc3c2)cc1. The number of benzene rings is 9. The first-order valence-electron chi connectivity index (χ1n) is 19.2. The van der Waals surface area contributed by atoms with Crippen molar-refractivity contribution >= 4 is 43.5 Å². The first-order valence-corrected chi connectivity index (χ1v) is 19.2. The molecule has 0 atom stereocenters. The molecule has 11 aromatic rings. The quantitative estimate of drug-likeness (QED) is 0.171. The van der Waals surface area contributed by atoms with Crippen molar-refractivity contribution in [1.82, 2.24) is 15.0 Å². The molecule has 2 heterocycles. The zero-order valence-electron chi connectivity index (χ0n) is 30.8. The van der Waals surface area contributed by atoms with Crippen molar-refractivity contribution in [2.45, 2.75) is 0 Å². The number of furan rings is 1. The Morgan fingerprint density at radius 2 is 0.754 bits per heavy atom. The Morgan fingerprint density at radius 1 is 0.281 bits per heavy atom. The molecule has 9 aromatic carbocycles. The first-order chi connectivity index (χ1) is 28.2. The molecule has 11 rings (SSSR count). The highest BCUT2D eigenvalue weighted by Crippen LogP contribution is 2.38. The highest BCUT2D eigenvalue weighted by atomic mass is 16.3. The van der Waals surface area contributed by atoms with Gasteiger partial charge in [0.2, 0.25) is 0 Å². The summed E-state index contributed by atoms with van der Waals surface area (Å²) in [5.74, 6) is 1.75. The van der Waals surface area contributed by atoms with E-state index in [0.29, 0.717) is 17.5 Å². The molecule has 0 aliphatic heterocycles. The number of nitrogens with zero attached hydrogens (tertiary/aromatic N) is 3. The van der Waals surface area contributed by atoms with Crippen LogP contribution in [0.15, 0.2) is 205 Å². The molecular weight excluding hydrogens is 695 g/mol. The molecule has 0 N–H and O–H groups in total. The van der Waals surface area contributed by atoms with Crippen molar-refractivity contribution < 1.29 is 4.42 Å². The van der Waals surface area contributed by atoms with Crippen LogP contribution < -0.4 is 0 Å². The van der Waals surface area contributed by atoms with E-state index in [0.717, 1.165) is 71.7 Å². The average molecular weight is 728 g/mol. The minimum Gasteiger partial charge on any atom is -0.455 e. The molecule has 0 unspecified atom stereocenters. The van der Waals surface area contributed by atoms with Crippen LogP contribution in [0.4, 0.5) is 0 Å². The van der Waals surface area contributed by atoms with Gasteiger partial charge in [0.05, 0.1) is 5.56 Å². The lowest BCUT2D eigenvalue weighted by atomic mass is 9.97. The zero-order valence-corrected chi connectivity index (χ0v) is 30.8. The van der Waals surface area contributed by atoms with E-state index in [4.69, 9.17) is 19.4 Å². The van der Waals surface area contributed by atoms with Crippen LogP contribution >= 0.6 is 0 Å². The van der Waals surface area contributed by atoms with Crippen LogP contribution in [0.3, 0.4) is 0 Å². The number of hydrogen-bond acceptors (Lipinski definition) is 4. The summed E-state index contributed by atoms with van der Waals surface area (Å²) in [6.07, 6.45) is 0. The number of fused-ring (bicyclic) bond motifs is 5. The third-order valence-corrected chi connectivity index (χ3v) is 10.9. The van der Waals surface area contributed by atoms with Crippen LogP contribution in [-0.4, -0.2) is 15.0 Å². The molecule has 0 aliphatic carbocycles. The summed E-state index contributed by atoms with van der Waals surface area (Å²) in [7, 11) is 0. The standard InChI is InChI=1S/C53H33N3O/c1-3-11-34(12-4-1)39-22-23-42-30-40(24-25-41(42)29-39)38-17-9-18-44(32-38)51-54-52(45-26-21-36-15-7-8-16-37(36)31-45)56-53(55-51)47-20-10-19-46-48-33-43(35-13-5-2-6-14-35)27-28-49(48)57-50(46)47/h1-33H. The van der Waals surface area contributed by atoms with E-state index < -0.39 is 0 Å². The maximum atomic E-state index is 6.62. The van der Waals surface area contributed by atoms with Crippen LogP contribution in [0, 0.1) is 0 Å². The van der Waals surface area contributed by atoms with Crippen LogP contribution in [0.1, 0.15) is 0 Å². The summed E-state index contributed by atoms with van der Waals surface area (Å²) >= 11 is 0. The highest BCUT2D eigenvalue weighted by molar-refractivity contribution is 6.10. The Bertz CT molecular complexity index is 3300. The Morgan fingerprint density at radius 3 is 1.49 bits per heavy atom. The summed E-state index contributed by atoms with van der Waals surface area (Å²) in [6, 6.07) is 70.1. The molecule has 0 fully saturated rings. The third kappa shape index (κ3) is 6.01. The second-order valence-corrected chi connectivity index (χ2v) is 14.5. The normalized spacial score (nSPS) is 11.5. The molecule has 0 bridgehead atoms. The minimum atomic E-state index is 0.557. The second kappa shape index (κ2) is 13.6. The van der Waals surface area contributed by atoms with Gasteiger partial charge in [0, 0.05) is 21.9 Å². The van der Waals surface area contributed by atoms with Gasteiger partial charge in [-0.2, -0.15) is 0 Å². The molecule has 0 saturated carbocycles. The fraction of sp³-hybridized carbons (Fsp3) is 0. The van der Waals surface area contributed by atoms with Crippen molar-refractivity contribution in [1.29, 1.82) is 0 Å². The van der Waals surface area contributed by atoms with Crippen LogP contribution in [-0.2, 0) is 0 Å². The van der Waals surface area contributed by atoms with Gasteiger partial charge in [-0.05, 0) is 97.4 Å². The predicted octanol–water partition coefficient (Wildman–Crippen LogP) is 14.1. The van der Waals surface area contributed by atoms with Gasteiger partial charge in [-0.3, -0.25) is 0 Å². The monoisotopic (exact) mass is 727 g/mol. The predicted molar refractivity (Wildman–Crippen MR) is 235 cm³/mol. The van der Waals surface area contributed by atoms with Gasteiger partial charge in [-0.15, -0.1) is 0 Å². The summed E-state index contributed by atoms with van der Waals surface area (Å²) in [5.41, 5.74) is 11.1. The van der Waals surface area contributed by atoms with Gasteiger partial charge >= 0.3 is 0 Å². The van der Waals surface area contributed by atoms with Crippen molar-refractivity contribution in [2.75, 3.05) is 0 Å². The van der Waals surface area contributed by atoms with Gasteiger partial charge in [-0.1, -0.05) is 158 Å². The lowest BCUT2D eigenvalue weighted by molar-refractivity contribution is 0.669. The number of hydrogen-bond donors (Lipinski definition) is 0. The molecule has 4 heteroatoms. The van der Waals surface area contributed by atoms with Crippen molar-refractivity contribution in [2.24, 2.45) is 0 Å². The lowest BCUT2D eigenvalue weighted by Crippen LogP contribution is -2.00.